The van der Waals surface area contributed by atoms with E-state index < -0.39 is 6.36 Å². The summed E-state index contributed by atoms with van der Waals surface area (Å²) in [5, 5.41) is 3.40. The Kier molecular flexibility index (Phi) is 5.81. The molecule has 2 aliphatic rings. The Labute approximate surface area is 140 Å². The van der Waals surface area contributed by atoms with Gasteiger partial charge in [-0.3, -0.25) is 4.90 Å². The predicted molar refractivity (Wildman–Crippen MR) is 84.8 cm³/mol. The first kappa shape index (κ1) is 18.4. The van der Waals surface area contributed by atoms with Crippen molar-refractivity contribution in [2.45, 2.75) is 32.2 Å². The van der Waals surface area contributed by atoms with Crippen molar-refractivity contribution < 1.29 is 17.9 Å². The second-order valence-electron chi connectivity index (χ2n) is 6.40. The summed E-state index contributed by atoms with van der Waals surface area (Å²) in [6.45, 7) is 5.15. The van der Waals surface area contributed by atoms with E-state index in [-0.39, 0.29) is 18.2 Å². The minimum atomic E-state index is -4.63. The van der Waals surface area contributed by atoms with Crippen molar-refractivity contribution in [1.82, 2.24) is 10.2 Å². The molecule has 1 aromatic rings. The number of likely N-dealkylation sites (tertiary alicyclic amines) is 1. The van der Waals surface area contributed by atoms with Gasteiger partial charge in [0.15, 0.2) is 0 Å². The van der Waals surface area contributed by atoms with Gasteiger partial charge in [-0.1, -0.05) is 12.1 Å². The molecule has 0 aliphatic carbocycles. The fourth-order valence-corrected chi connectivity index (χ4v) is 3.58. The van der Waals surface area contributed by atoms with Crippen molar-refractivity contribution in [3.8, 4) is 5.75 Å². The maximum absolute atomic E-state index is 12.1. The van der Waals surface area contributed by atoms with Gasteiger partial charge < -0.3 is 10.1 Å². The van der Waals surface area contributed by atoms with E-state index in [1.165, 1.54) is 31.4 Å². The lowest BCUT2D eigenvalue weighted by Crippen LogP contribution is -2.38. The average Bonchev–Trinajstić information content (AvgIpc) is 2.83. The van der Waals surface area contributed by atoms with Crippen LogP contribution in [0.25, 0.3) is 0 Å². The Bertz CT molecular complexity index is 501. The molecule has 0 atom stereocenters. The lowest BCUT2D eigenvalue weighted by molar-refractivity contribution is -0.274. The molecule has 130 valence electrons. The van der Waals surface area contributed by atoms with Crippen LogP contribution in [0.4, 0.5) is 13.2 Å². The molecule has 2 aliphatic heterocycles. The molecule has 1 N–H and O–H groups in total. The van der Waals surface area contributed by atoms with Gasteiger partial charge in [-0.05, 0) is 62.0 Å². The maximum Gasteiger partial charge on any atom is 0.573 e. The molecule has 1 aromatic carbocycles. The Balaban J connectivity index is 0.00000192. The van der Waals surface area contributed by atoms with Crippen molar-refractivity contribution in [2.75, 3.05) is 26.2 Å². The second-order valence-corrected chi connectivity index (χ2v) is 6.40. The van der Waals surface area contributed by atoms with Gasteiger partial charge in [-0.15, -0.1) is 25.6 Å². The Morgan fingerprint density at radius 2 is 1.74 bits per heavy atom. The standard InChI is InChI=1S/C16H21F3N2O.ClH/c17-16(18,19)22-14-3-1-13(2-4-14)11-21-10-7-15(12-21)5-8-20-9-6-15;/h1-4,20H,5-12H2;1H. The normalized spacial score (nSPS) is 21.2. The van der Waals surface area contributed by atoms with Crippen LogP contribution in [0.3, 0.4) is 0 Å². The molecule has 7 heteroatoms. The number of alkyl halides is 3. The van der Waals surface area contributed by atoms with Crippen molar-refractivity contribution in [2.24, 2.45) is 5.41 Å². The van der Waals surface area contributed by atoms with E-state index in [4.69, 9.17) is 0 Å². The summed E-state index contributed by atoms with van der Waals surface area (Å²) >= 11 is 0. The summed E-state index contributed by atoms with van der Waals surface area (Å²) in [6.07, 6.45) is -0.953. The molecule has 0 saturated carbocycles. The molecule has 0 amide bonds. The second kappa shape index (κ2) is 7.28. The number of nitrogens with zero attached hydrogens (tertiary/aromatic N) is 1. The highest BCUT2D eigenvalue weighted by molar-refractivity contribution is 5.85. The largest absolute Gasteiger partial charge is 0.573 e. The number of benzene rings is 1. The number of ether oxygens (including phenoxy) is 1. The Morgan fingerprint density at radius 1 is 1.09 bits per heavy atom. The highest BCUT2D eigenvalue weighted by Crippen LogP contribution is 2.39. The van der Waals surface area contributed by atoms with Crippen LogP contribution in [0.5, 0.6) is 5.75 Å². The smallest absolute Gasteiger partial charge is 0.406 e. The first-order valence-corrected chi connectivity index (χ1v) is 7.72. The van der Waals surface area contributed by atoms with Crippen LogP contribution in [-0.2, 0) is 6.54 Å². The number of piperidine rings is 1. The minimum Gasteiger partial charge on any atom is -0.406 e. The first-order valence-electron chi connectivity index (χ1n) is 7.72. The summed E-state index contributed by atoms with van der Waals surface area (Å²) in [4.78, 5) is 2.41. The van der Waals surface area contributed by atoms with Gasteiger partial charge in [-0.25, -0.2) is 0 Å². The summed E-state index contributed by atoms with van der Waals surface area (Å²) in [5.41, 5.74) is 1.48. The van der Waals surface area contributed by atoms with E-state index in [0.29, 0.717) is 5.41 Å². The average molecular weight is 351 g/mol. The highest BCUT2D eigenvalue weighted by atomic mass is 35.5. The first-order chi connectivity index (χ1) is 10.4. The van der Waals surface area contributed by atoms with Crippen LogP contribution in [0.15, 0.2) is 24.3 Å². The van der Waals surface area contributed by atoms with E-state index in [9.17, 15) is 13.2 Å². The van der Waals surface area contributed by atoms with Crippen LogP contribution in [-0.4, -0.2) is 37.4 Å². The summed E-state index contributed by atoms with van der Waals surface area (Å²) in [6, 6.07) is 6.21. The molecule has 0 aromatic heterocycles. The highest BCUT2D eigenvalue weighted by Gasteiger charge is 2.38. The molecule has 3 nitrogen and oxygen atoms in total. The van der Waals surface area contributed by atoms with Crippen molar-refractivity contribution in [3.05, 3.63) is 29.8 Å². The van der Waals surface area contributed by atoms with E-state index >= 15 is 0 Å². The van der Waals surface area contributed by atoms with Crippen LogP contribution in [0, 0.1) is 5.41 Å². The zero-order valence-corrected chi connectivity index (χ0v) is 13.7. The lowest BCUT2D eigenvalue weighted by Gasteiger charge is -2.33. The van der Waals surface area contributed by atoms with Crippen LogP contribution in [0.2, 0.25) is 0 Å². The predicted octanol–water partition coefficient (Wildman–Crippen LogP) is 3.58. The molecule has 3 rings (SSSR count). The Hall–Kier alpha value is -0.980. The SMILES string of the molecule is Cl.FC(F)(F)Oc1ccc(CN2CCC3(CCNCC3)C2)cc1. The zero-order valence-electron chi connectivity index (χ0n) is 12.9. The Morgan fingerprint density at radius 3 is 2.35 bits per heavy atom. The van der Waals surface area contributed by atoms with Gasteiger partial charge in [0, 0.05) is 13.1 Å². The minimum absolute atomic E-state index is 0. The lowest BCUT2D eigenvalue weighted by atomic mass is 9.78. The van der Waals surface area contributed by atoms with E-state index in [0.717, 1.165) is 38.3 Å². The molecular weight excluding hydrogens is 329 g/mol. The van der Waals surface area contributed by atoms with Gasteiger partial charge in [0.1, 0.15) is 5.75 Å². The third-order valence-corrected chi connectivity index (χ3v) is 4.74. The monoisotopic (exact) mass is 350 g/mol. The fraction of sp³-hybridized carbons (Fsp3) is 0.625. The quantitative estimate of drug-likeness (QED) is 0.901. The third kappa shape index (κ3) is 4.99. The number of hydrogen-bond acceptors (Lipinski definition) is 3. The molecule has 2 fully saturated rings. The molecule has 1 spiro atoms. The van der Waals surface area contributed by atoms with Gasteiger partial charge >= 0.3 is 6.36 Å². The van der Waals surface area contributed by atoms with E-state index in [1.54, 1.807) is 12.1 Å². The van der Waals surface area contributed by atoms with E-state index in [1.807, 2.05) is 0 Å². The number of nitrogens with one attached hydrogen (secondary N) is 1. The molecule has 2 saturated heterocycles. The van der Waals surface area contributed by atoms with Crippen molar-refractivity contribution in [1.29, 1.82) is 0 Å². The maximum atomic E-state index is 12.1. The van der Waals surface area contributed by atoms with Gasteiger partial charge in [-0.2, -0.15) is 0 Å². The van der Waals surface area contributed by atoms with Crippen LogP contribution >= 0.6 is 12.4 Å². The molecule has 0 bridgehead atoms. The number of halogens is 4. The van der Waals surface area contributed by atoms with Crippen LogP contribution < -0.4 is 10.1 Å². The third-order valence-electron chi connectivity index (χ3n) is 4.74. The summed E-state index contributed by atoms with van der Waals surface area (Å²) in [7, 11) is 0. The number of rotatable bonds is 3. The molecule has 2 heterocycles. The molecular formula is C16H22ClF3N2O. The van der Waals surface area contributed by atoms with Gasteiger partial charge in [0.2, 0.25) is 0 Å². The number of hydrogen-bond donors (Lipinski definition) is 1. The van der Waals surface area contributed by atoms with E-state index in [2.05, 4.69) is 15.0 Å². The topological polar surface area (TPSA) is 24.5 Å². The van der Waals surface area contributed by atoms with Gasteiger partial charge in [0.05, 0.1) is 0 Å². The van der Waals surface area contributed by atoms with Crippen molar-refractivity contribution in [3.63, 3.8) is 0 Å². The zero-order chi connectivity index (χ0) is 15.6. The van der Waals surface area contributed by atoms with Gasteiger partial charge in [0.25, 0.3) is 0 Å². The summed E-state index contributed by atoms with van der Waals surface area (Å²) < 4.78 is 40.3. The summed E-state index contributed by atoms with van der Waals surface area (Å²) in [5.74, 6) is -0.160. The van der Waals surface area contributed by atoms with Crippen LogP contribution in [0.1, 0.15) is 24.8 Å². The molecule has 23 heavy (non-hydrogen) atoms. The molecule has 0 unspecified atom stereocenters. The molecule has 0 radical (unpaired) electrons. The fourth-order valence-electron chi connectivity index (χ4n) is 3.58. The van der Waals surface area contributed by atoms with Crippen molar-refractivity contribution >= 4 is 12.4 Å².